The number of hydrogen-bond acceptors (Lipinski definition) is 4. The van der Waals surface area contributed by atoms with Gasteiger partial charge < -0.3 is 10.6 Å². The Kier molecular flexibility index (Phi) is 4.86. The monoisotopic (exact) mass is 339 g/mol. The van der Waals surface area contributed by atoms with Gasteiger partial charge in [-0.15, -0.1) is 11.3 Å². The van der Waals surface area contributed by atoms with Crippen molar-refractivity contribution in [3.63, 3.8) is 0 Å². The fraction of sp³-hybridized carbons (Fsp3) is 0.167. The Morgan fingerprint density at radius 3 is 2.67 bits per heavy atom. The normalized spacial score (nSPS) is 10.5. The Balaban J connectivity index is 1.52. The number of benzene rings is 2. The summed E-state index contributed by atoms with van der Waals surface area (Å²) in [7, 11) is 0. The standard InChI is InChI=1S/C18H17N3O2S/c1-12-11-20-18(24-12)21-16(22)8-9-19-17(23)15-7-6-13-4-2-3-5-14(13)10-15/h2-7,10-11H,8-9H2,1H3,(H,19,23)(H,20,21,22). The molecule has 1 heterocycles. The zero-order valence-electron chi connectivity index (χ0n) is 13.2. The van der Waals surface area contributed by atoms with Gasteiger partial charge in [0.2, 0.25) is 5.91 Å². The zero-order valence-corrected chi connectivity index (χ0v) is 14.0. The van der Waals surface area contributed by atoms with Crippen LogP contribution in [0.15, 0.2) is 48.7 Å². The van der Waals surface area contributed by atoms with Gasteiger partial charge in [0.15, 0.2) is 5.13 Å². The lowest BCUT2D eigenvalue weighted by molar-refractivity contribution is -0.116. The van der Waals surface area contributed by atoms with E-state index in [2.05, 4.69) is 15.6 Å². The minimum absolute atomic E-state index is 0.164. The molecule has 24 heavy (non-hydrogen) atoms. The average molecular weight is 339 g/mol. The molecule has 0 aliphatic rings. The summed E-state index contributed by atoms with van der Waals surface area (Å²) in [6.07, 6.45) is 1.92. The third-order valence-corrected chi connectivity index (χ3v) is 4.35. The number of fused-ring (bicyclic) bond motifs is 1. The summed E-state index contributed by atoms with van der Waals surface area (Å²) < 4.78 is 0. The molecule has 0 aliphatic heterocycles. The van der Waals surface area contributed by atoms with Crippen LogP contribution >= 0.6 is 11.3 Å². The highest BCUT2D eigenvalue weighted by molar-refractivity contribution is 7.15. The van der Waals surface area contributed by atoms with Crippen LogP contribution in [0.25, 0.3) is 10.8 Å². The number of carbonyl (C=O) groups is 2. The van der Waals surface area contributed by atoms with Crippen LogP contribution in [0.3, 0.4) is 0 Å². The van der Waals surface area contributed by atoms with Gasteiger partial charge in [0.1, 0.15) is 0 Å². The van der Waals surface area contributed by atoms with E-state index in [0.717, 1.165) is 15.6 Å². The first kappa shape index (κ1) is 16.1. The fourth-order valence-corrected chi connectivity index (χ4v) is 3.00. The molecule has 122 valence electrons. The molecule has 0 bridgehead atoms. The lowest BCUT2D eigenvalue weighted by atomic mass is 10.1. The maximum Gasteiger partial charge on any atom is 0.251 e. The Morgan fingerprint density at radius 2 is 1.92 bits per heavy atom. The lowest BCUT2D eigenvalue weighted by Gasteiger charge is -2.06. The van der Waals surface area contributed by atoms with Gasteiger partial charge in [-0.3, -0.25) is 9.59 Å². The van der Waals surface area contributed by atoms with E-state index < -0.39 is 0 Å². The first-order valence-corrected chi connectivity index (χ1v) is 8.43. The topological polar surface area (TPSA) is 71.1 Å². The summed E-state index contributed by atoms with van der Waals surface area (Å²) >= 11 is 1.42. The van der Waals surface area contributed by atoms with Crippen LogP contribution in [0.4, 0.5) is 5.13 Å². The van der Waals surface area contributed by atoms with E-state index in [9.17, 15) is 9.59 Å². The minimum Gasteiger partial charge on any atom is -0.352 e. The van der Waals surface area contributed by atoms with Gasteiger partial charge in [0.05, 0.1) is 0 Å². The Hall–Kier alpha value is -2.73. The van der Waals surface area contributed by atoms with E-state index in [-0.39, 0.29) is 24.8 Å². The highest BCUT2D eigenvalue weighted by Crippen LogP contribution is 2.17. The van der Waals surface area contributed by atoms with Crippen molar-refractivity contribution in [3.8, 4) is 0 Å². The zero-order chi connectivity index (χ0) is 16.9. The highest BCUT2D eigenvalue weighted by atomic mass is 32.1. The third-order valence-electron chi connectivity index (χ3n) is 3.52. The van der Waals surface area contributed by atoms with Crippen molar-refractivity contribution in [2.24, 2.45) is 0 Å². The van der Waals surface area contributed by atoms with Crippen LogP contribution in [0.1, 0.15) is 21.7 Å². The van der Waals surface area contributed by atoms with Crippen LogP contribution in [-0.2, 0) is 4.79 Å². The van der Waals surface area contributed by atoms with Gasteiger partial charge in [-0.2, -0.15) is 0 Å². The Morgan fingerprint density at radius 1 is 1.12 bits per heavy atom. The van der Waals surface area contributed by atoms with Gasteiger partial charge in [0, 0.05) is 29.6 Å². The van der Waals surface area contributed by atoms with Crippen LogP contribution in [0, 0.1) is 6.92 Å². The molecule has 0 aliphatic carbocycles. The predicted molar refractivity (Wildman–Crippen MR) is 96.4 cm³/mol. The van der Waals surface area contributed by atoms with Gasteiger partial charge >= 0.3 is 0 Å². The third kappa shape index (κ3) is 3.97. The molecule has 2 amide bonds. The van der Waals surface area contributed by atoms with Crippen LogP contribution in [0.5, 0.6) is 0 Å². The molecule has 0 spiro atoms. The lowest BCUT2D eigenvalue weighted by Crippen LogP contribution is -2.27. The van der Waals surface area contributed by atoms with Crippen molar-refractivity contribution in [1.29, 1.82) is 0 Å². The Bertz CT molecular complexity index is 889. The van der Waals surface area contributed by atoms with Crippen LogP contribution in [-0.4, -0.2) is 23.3 Å². The van der Waals surface area contributed by atoms with E-state index in [1.807, 2.05) is 43.3 Å². The molecule has 1 aromatic heterocycles. The summed E-state index contributed by atoms with van der Waals surface area (Å²) in [6, 6.07) is 13.4. The predicted octanol–water partition coefficient (Wildman–Crippen LogP) is 3.36. The molecule has 0 fully saturated rings. The van der Waals surface area contributed by atoms with Gasteiger partial charge in [0.25, 0.3) is 5.91 Å². The molecular formula is C18H17N3O2S. The van der Waals surface area contributed by atoms with Crippen molar-refractivity contribution in [2.75, 3.05) is 11.9 Å². The van der Waals surface area contributed by atoms with E-state index in [0.29, 0.717) is 10.7 Å². The second-order valence-corrected chi connectivity index (χ2v) is 6.63. The number of aryl methyl sites for hydroxylation is 1. The minimum atomic E-state index is -0.182. The molecule has 5 nitrogen and oxygen atoms in total. The second kappa shape index (κ2) is 7.23. The summed E-state index contributed by atoms with van der Waals surface area (Å²) in [5.41, 5.74) is 0.588. The van der Waals surface area contributed by atoms with E-state index in [1.165, 1.54) is 11.3 Å². The van der Waals surface area contributed by atoms with Crippen molar-refractivity contribution in [1.82, 2.24) is 10.3 Å². The number of carbonyl (C=O) groups excluding carboxylic acids is 2. The molecule has 3 aromatic rings. The largest absolute Gasteiger partial charge is 0.352 e. The number of nitrogens with one attached hydrogen (secondary N) is 2. The number of amides is 2. The number of rotatable bonds is 5. The Labute approximate surface area is 143 Å². The molecule has 0 atom stereocenters. The molecule has 6 heteroatoms. The van der Waals surface area contributed by atoms with Gasteiger partial charge in [-0.05, 0) is 29.8 Å². The second-order valence-electron chi connectivity index (χ2n) is 5.39. The number of nitrogens with zero attached hydrogens (tertiary/aromatic N) is 1. The maximum absolute atomic E-state index is 12.2. The van der Waals surface area contributed by atoms with E-state index in [1.54, 1.807) is 12.3 Å². The first-order chi connectivity index (χ1) is 11.6. The van der Waals surface area contributed by atoms with Crippen molar-refractivity contribution < 1.29 is 9.59 Å². The quantitative estimate of drug-likeness (QED) is 0.749. The van der Waals surface area contributed by atoms with Crippen LogP contribution in [0.2, 0.25) is 0 Å². The van der Waals surface area contributed by atoms with Crippen molar-refractivity contribution >= 4 is 39.1 Å². The fourth-order valence-electron chi connectivity index (χ4n) is 2.32. The van der Waals surface area contributed by atoms with E-state index in [4.69, 9.17) is 0 Å². The van der Waals surface area contributed by atoms with Crippen molar-refractivity contribution in [3.05, 3.63) is 59.1 Å². The molecule has 0 radical (unpaired) electrons. The van der Waals surface area contributed by atoms with Gasteiger partial charge in [-0.1, -0.05) is 30.3 Å². The first-order valence-electron chi connectivity index (χ1n) is 7.61. The number of aromatic nitrogens is 1. The SMILES string of the molecule is Cc1cnc(NC(=O)CCNC(=O)c2ccc3ccccc3c2)s1. The average Bonchev–Trinajstić information content (AvgIpc) is 2.99. The molecule has 0 unspecified atom stereocenters. The molecule has 0 saturated heterocycles. The highest BCUT2D eigenvalue weighted by Gasteiger charge is 2.08. The van der Waals surface area contributed by atoms with E-state index >= 15 is 0 Å². The number of thiazole rings is 1. The summed E-state index contributed by atoms with van der Waals surface area (Å²) in [6.45, 7) is 2.21. The number of anilines is 1. The smallest absolute Gasteiger partial charge is 0.251 e. The number of hydrogen-bond donors (Lipinski definition) is 2. The van der Waals surface area contributed by atoms with Crippen LogP contribution < -0.4 is 10.6 Å². The summed E-state index contributed by atoms with van der Waals surface area (Å²) in [4.78, 5) is 29.1. The van der Waals surface area contributed by atoms with Gasteiger partial charge in [-0.25, -0.2) is 4.98 Å². The van der Waals surface area contributed by atoms with Crippen molar-refractivity contribution in [2.45, 2.75) is 13.3 Å². The molecule has 2 aromatic carbocycles. The molecular weight excluding hydrogens is 322 g/mol. The summed E-state index contributed by atoms with van der Waals surface area (Å²) in [5.74, 6) is -0.346. The molecule has 3 rings (SSSR count). The molecule has 0 saturated carbocycles. The molecule has 2 N–H and O–H groups in total. The summed E-state index contributed by atoms with van der Waals surface area (Å²) in [5, 5.41) is 8.17. The maximum atomic E-state index is 12.2.